The molecular formula is C45H86O5. The highest BCUT2D eigenvalue weighted by Gasteiger charge is 2.16. The van der Waals surface area contributed by atoms with Crippen molar-refractivity contribution in [3.05, 3.63) is 12.2 Å². The van der Waals surface area contributed by atoms with E-state index in [1.54, 1.807) is 0 Å². The fourth-order valence-corrected chi connectivity index (χ4v) is 6.67. The van der Waals surface area contributed by atoms with E-state index in [9.17, 15) is 14.7 Å². The molecule has 0 aliphatic heterocycles. The molecule has 0 fully saturated rings. The van der Waals surface area contributed by atoms with Gasteiger partial charge in [-0.25, -0.2) is 0 Å². The van der Waals surface area contributed by atoms with E-state index in [-0.39, 0.29) is 25.2 Å². The summed E-state index contributed by atoms with van der Waals surface area (Å²) in [4.78, 5) is 24.3. The third kappa shape index (κ3) is 39.4. The maximum Gasteiger partial charge on any atom is 0.306 e. The molecule has 0 radical (unpaired) electrons. The molecule has 50 heavy (non-hydrogen) atoms. The van der Waals surface area contributed by atoms with Crippen LogP contribution in [0.25, 0.3) is 0 Å². The molecular weight excluding hydrogens is 620 g/mol. The van der Waals surface area contributed by atoms with Crippen LogP contribution in [0.3, 0.4) is 0 Å². The van der Waals surface area contributed by atoms with Crippen LogP contribution >= 0.6 is 0 Å². The minimum Gasteiger partial charge on any atom is -0.462 e. The van der Waals surface area contributed by atoms with Crippen LogP contribution in [-0.4, -0.2) is 36.4 Å². The van der Waals surface area contributed by atoms with E-state index >= 15 is 0 Å². The van der Waals surface area contributed by atoms with Gasteiger partial charge < -0.3 is 14.6 Å². The number of esters is 2. The second kappa shape index (κ2) is 42.1. The van der Waals surface area contributed by atoms with Crippen molar-refractivity contribution < 1.29 is 24.2 Å². The molecule has 5 heteroatoms. The first-order chi connectivity index (χ1) is 24.6. The molecule has 0 bridgehead atoms. The molecule has 0 rings (SSSR count). The summed E-state index contributed by atoms with van der Waals surface area (Å²) in [6.07, 6.45) is 48.6. The summed E-state index contributed by atoms with van der Waals surface area (Å²) in [7, 11) is 0. The van der Waals surface area contributed by atoms with Gasteiger partial charge in [0.05, 0.1) is 6.61 Å². The lowest BCUT2D eigenvalue weighted by atomic mass is 10.0. The van der Waals surface area contributed by atoms with E-state index in [4.69, 9.17) is 9.47 Å². The predicted octanol–water partition coefficient (Wildman–Crippen LogP) is 14.1. The Morgan fingerprint density at radius 3 is 1.08 bits per heavy atom. The Morgan fingerprint density at radius 1 is 0.440 bits per heavy atom. The third-order valence-corrected chi connectivity index (χ3v) is 10.1. The summed E-state index contributed by atoms with van der Waals surface area (Å²) in [5.41, 5.74) is 0. The van der Waals surface area contributed by atoms with Crippen molar-refractivity contribution in [2.45, 2.75) is 251 Å². The van der Waals surface area contributed by atoms with Gasteiger partial charge in [-0.15, -0.1) is 0 Å². The van der Waals surface area contributed by atoms with Crippen molar-refractivity contribution in [2.24, 2.45) is 0 Å². The highest BCUT2D eigenvalue weighted by atomic mass is 16.6. The van der Waals surface area contributed by atoms with E-state index in [1.165, 1.54) is 180 Å². The molecule has 0 saturated carbocycles. The van der Waals surface area contributed by atoms with Gasteiger partial charge in [-0.2, -0.15) is 0 Å². The van der Waals surface area contributed by atoms with E-state index in [0.29, 0.717) is 12.8 Å². The van der Waals surface area contributed by atoms with Gasteiger partial charge in [-0.05, 0) is 38.5 Å². The van der Waals surface area contributed by atoms with E-state index in [1.807, 2.05) is 0 Å². The lowest BCUT2D eigenvalue weighted by Gasteiger charge is -2.15. The standard InChI is InChI=1S/C45H86O5/c1-3-5-7-9-11-13-15-17-19-20-21-22-23-24-26-27-29-31-33-35-37-39-44(47)49-42-43(41-46)50-45(48)40-38-36-34-32-30-28-25-18-16-14-12-10-8-6-4-2/h18,25,43,46H,3-17,19-24,26-42H2,1-2H3. The van der Waals surface area contributed by atoms with Gasteiger partial charge in [0.2, 0.25) is 0 Å². The number of aliphatic hydroxyl groups is 1. The van der Waals surface area contributed by atoms with E-state index in [0.717, 1.165) is 38.5 Å². The monoisotopic (exact) mass is 707 g/mol. The molecule has 0 aliphatic carbocycles. The van der Waals surface area contributed by atoms with Crippen LogP contribution in [0.15, 0.2) is 12.2 Å². The maximum absolute atomic E-state index is 12.2. The zero-order chi connectivity index (χ0) is 36.4. The zero-order valence-electron chi connectivity index (χ0n) is 33.7. The molecule has 0 aliphatic rings. The maximum atomic E-state index is 12.2. The van der Waals surface area contributed by atoms with Crippen LogP contribution < -0.4 is 0 Å². The summed E-state index contributed by atoms with van der Waals surface area (Å²) >= 11 is 0. The lowest BCUT2D eigenvalue weighted by Crippen LogP contribution is -2.28. The minimum atomic E-state index is -0.769. The van der Waals surface area contributed by atoms with E-state index < -0.39 is 6.10 Å². The Balaban J connectivity index is 3.47. The number of rotatable bonds is 41. The highest BCUT2D eigenvalue weighted by molar-refractivity contribution is 5.70. The van der Waals surface area contributed by atoms with Gasteiger partial charge in [0.1, 0.15) is 6.61 Å². The second-order valence-corrected chi connectivity index (χ2v) is 15.1. The van der Waals surface area contributed by atoms with Crippen molar-refractivity contribution in [1.29, 1.82) is 0 Å². The molecule has 1 N–H and O–H groups in total. The second-order valence-electron chi connectivity index (χ2n) is 15.1. The normalized spacial score (nSPS) is 12.1. The van der Waals surface area contributed by atoms with Gasteiger partial charge >= 0.3 is 11.9 Å². The minimum absolute atomic E-state index is 0.0628. The van der Waals surface area contributed by atoms with Crippen molar-refractivity contribution in [2.75, 3.05) is 13.2 Å². The summed E-state index contributed by atoms with van der Waals surface area (Å²) in [6, 6.07) is 0. The van der Waals surface area contributed by atoms with Crippen molar-refractivity contribution >= 4 is 11.9 Å². The first kappa shape index (κ1) is 48.6. The first-order valence-corrected chi connectivity index (χ1v) is 22.2. The average molecular weight is 707 g/mol. The van der Waals surface area contributed by atoms with Crippen LogP contribution in [0.5, 0.6) is 0 Å². The molecule has 1 atom stereocenters. The van der Waals surface area contributed by atoms with E-state index in [2.05, 4.69) is 26.0 Å². The van der Waals surface area contributed by atoms with Crippen LogP contribution in [0.1, 0.15) is 245 Å². The van der Waals surface area contributed by atoms with Crippen LogP contribution in [0.4, 0.5) is 0 Å². The molecule has 1 unspecified atom stereocenters. The smallest absolute Gasteiger partial charge is 0.306 e. The van der Waals surface area contributed by atoms with Crippen LogP contribution in [0.2, 0.25) is 0 Å². The summed E-state index contributed by atoms with van der Waals surface area (Å²) in [6.45, 7) is 4.16. The number of allylic oxidation sites excluding steroid dienone is 2. The lowest BCUT2D eigenvalue weighted by molar-refractivity contribution is -0.161. The molecule has 0 aromatic carbocycles. The van der Waals surface area contributed by atoms with Gasteiger partial charge in [0, 0.05) is 12.8 Å². The SMILES string of the molecule is CCCCCCCCC=CCCCCCCCC(=O)OC(CO)COC(=O)CCCCCCCCCCCCCCCCCCCCCCC. The molecule has 0 amide bonds. The first-order valence-electron chi connectivity index (χ1n) is 22.2. The Kier molecular flexibility index (Phi) is 40.9. The summed E-state index contributed by atoms with van der Waals surface area (Å²) in [5, 5.41) is 9.57. The zero-order valence-corrected chi connectivity index (χ0v) is 33.7. The number of aliphatic hydroxyl groups excluding tert-OH is 1. The van der Waals surface area contributed by atoms with Gasteiger partial charge in [0.15, 0.2) is 6.10 Å². The number of carbonyl (C=O) groups is 2. The molecule has 0 heterocycles. The van der Waals surface area contributed by atoms with Crippen LogP contribution in [-0.2, 0) is 19.1 Å². The Hall–Kier alpha value is -1.36. The molecule has 296 valence electrons. The van der Waals surface area contributed by atoms with Gasteiger partial charge in [-0.1, -0.05) is 206 Å². The third-order valence-electron chi connectivity index (χ3n) is 10.1. The number of hydrogen-bond acceptors (Lipinski definition) is 5. The molecule has 0 aromatic rings. The Bertz CT molecular complexity index is 720. The molecule has 0 saturated heterocycles. The summed E-state index contributed by atoms with van der Waals surface area (Å²) in [5.74, 6) is -0.586. The Labute approximate surface area is 311 Å². The average Bonchev–Trinajstić information content (AvgIpc) is 3.12. The molecule has 0 aromatic heterocycles. The Morgan fingerprint density at radius 2 is 0.740 bits per heavy atom. The number of carbonyl (C=O) groups excluding carboxylic acids is 2. The predicted molar refractivity (Wildman–Crippen MR) is 215 cm³/mol. The quantitative estimate of drug-likeness (QED) is 0.0389. The molecule has 0 spiro atoms. The van der Waals surface area contributed by atoms with Gasteiger partial charge in [-0.3, -0.25) is 9.59 Å². The van der Waals surface area contributed by atoms with Crippen molar-refractivity contribution in [3.8, 4) is 0 Å². The number of hydrogen-bond donors (Lipinski definition) is 1. The number of unbranched alkanes of at least 4 members (excludes halogenated alkanes) is 31. The highest BCUT2D eigenvalue weighted by Crippen LogP contribution is 2.16. The fraction of sp³-hybridized carbons (Fsp3) is 0.911. The molecule has 5 nitrogen and oxygen atoms in total. The summed E-state index contributed by atoms with van der Waals surface area (Å²) < 4.78 is 10.6. The number of ether oxygens (including phenoxy) is 2. The fourth-order valence-electron chi connectivity index (χ4n) is 6.67. The topological polar surface area (TPSA) is 72.8 Å². The van der Waals surface area contributed by atoms with Crippen molar-refractivity contribution in [3.63, 3.8) is 0 Å². The van der Waals surface area contributed by atoms with Crippen molar-refractivity contribution in [1.82, 2.24) is 0 Å². The van der Waals surface area contributed by atoms with Gasteiger partial charge in [0.25, 0.3) is 0 Å². The largest absolute Gasteiger partial charge is 0.462 e. The van der Waals surface area contributed by atoms with Crippen LogP contribution in [0, 0.1) is 0 Å².